The van der Waals surface area contributed by atoms with Crippen LogP contribution in [0.2, 0.25) is 0 Å². The predicted molar refractivity (Wildman–Crippen MR) is 86.3 cm³/mol. The Balaban J connectivity index is 1.56. The van der Waals surface area contributed by atoms with E-state index in [0.717, 1.165) is 5.69 Å². The average Bonchev–Trinajstić information content (AvgIpc) is 3.10. The van der Waals surface area contributed by atoms with Crippen molar-refractivity contribution in [2.24, 2.45) is 5.92 Å². The van der Waals surface area contributed by atoms with E-state index in [0.29, 0.717) is 31.6 Å². The highest BCUT2D eigenvalue weighted by atomic mass is 32.2. The Morgan fingerprint density at radius 3 is 2.61 bits per heavy atom. The van der Waals surface area contributed by atoms with Crippen LogP contribution in [-0.4, -0.2) is 51.5 Å². The summed E-state index contributed by atoms with van der Waals surface area (Å²) in [4.78, 5) is 25.3. The van der Waals surface area contributed by atoms with Gasteiger partial charge in [-0.25, -0.2) is 13.2 Å². The standard InChI is InChI=1S/C15H19N3O4S/c19-14(17-9-11-5-8-23(21,22)10-11)12-1-3-13(4-2-12)18-7-6-16-15(18)20/h1-4,11H,5-10H2,(H,16,20)(H,17,19). The average molecular weight is 337 g/mol. The molecule has 2 fully saturated rings. The fourth-order valence-corrected chi connectivity index (χ4v) is 4.74. The molecule has 2 aliphatic rings. The number of nitrogens with zero attached hydrogens (tertiary/aromatic N) is 1. The molecular formula is C15H19N3O4S. The van der Waals surface area contributed by atoms with Crippen LogP contribution in [-0.2, 0) is 9.84 Å². The van der Waals surface area contributed by atoms with E-state index in [2.05, 4.69) is 10.6 Å². The van der Waals surface area contributed by atoms with Crippen LogP contribution in [0.15, 0.2) is 24.3 Å². The molecule has 0 bridgehead atoms. The Labute approximate surface area is 135 Å². The number of rotatable bonds is 4. The Kier molecular flexibility index (Phi) is 4.25. The summed E-state index contributed by atoms with van der Waals surface area (Å²) in [6.07, 6.45) is 0.603. The van der Waals surface area contributed by atoms with E-state index in [1.807, 2.05) is 0 Å². The number of benzene rings is 1. The Morgan fingerprint density at radius 2 is 2.04 bits per heavy atom. The first kappa shape index (κ1) is 15.8. The second-order valence-electron chi connectivity index (χ2n) is 5.91. The molecule has 124 valence electrons. The van der Waals surface area contributed by atoms with Crippen LogP contribution in [0.25, 0.3) is 0 Å². The summed E-state index contributed by atoms with van der Waals surface area (Å²) < 4.78 is 22.8. The Bertz CT molecular complexity index is 715. The molecule has 2 saturated heterocycles. The largest absolute Gasteiger partial charge is 0.352 e. The number of sulfone groups is 1. The van der Waals surface area contributed by atoms with Gasteiger partial charge in [-0.2, -0.15) is 0 Å². The molecule has 2 N–H and O–H groups in total. The third-order valence-electron chi connectivity index (χ3n) is 4.18. The first-order valence-corrected chi connectivity index (χ1v) is 9.41. The molecule has 1 aromatic rings. The zero-order valence-corrected chi connectivity index (χ0v) is 13.4. The van der Waals surface area contributed by atoms with Crippen molar-refractivity contribution in [3.63, 3.8) is 0 Å². The van der Waals surface area contributed by atoms with Crippen LogP contribution < -0.4 is 15.5 Å². The summed E-state index contributed by atoms with van der Waals surface area (Å²) >= 11 is 0. The second-order valence-corrected chi connectivity index (χ2v) is 8.14. The summed E-state index contributed by atoms with van der Waals surface area (Å²) in [6.45, 7) is 1.60. The maximum atomic E-state index is 12.1. The monoisotopic (exact) mass is 337 g/mol. The molecule has 1 unspecified atom stereocenters. The van der Waals surface area contributed by atoms with Gasteiger partial charge in [0.15, 0.2) is 9.84 Å². The van der Waals surface area contributed by atoms with E-state index in [9.17, 15) is 18.0 Å². The van der Waals surface area contributed by atoms with Gasteiger partial charge in [0, 0.05) is 30.9 Å². The number of urea groups is 1. The molecule has 2 heterocycles. The summed E-state index contributed by atoms with van der Waals surface area (Å²) in [5, 5.41) is 5.50. The number of nitrogens with one attached hydrogen (secondary N) is 2. The molecular weight excluding hydrogens is 318 g/mol. The molecule has 23 heavy (non-hydrogen) atoms. The van der Waals surface area contributed by atoms with Gasteiger partial charge in [-0.05, 0) is 36.6 Å². The van der Waals surface area contributed by atoms with Crippen LogP contribution in [0.1, 0.15) is 16.8 Å². The number of hydrogen-bond acceptors (Lipinski definition) is 4. The maximum Gasteiger partial charge on any atom is 0.321 e. The minimum atomic E-state index is -2.92. The lowest BCUT2D eigenvalue weighted by molar-refractivity contribution is 0.0948. The van der Waals surface area contributed by atoms with E-state index in [1.54, 1.807) is 29.2 Å². The number of carbonyl (C=O) groups excluding carboxylic acids is 2. The van der Waals surface area contributed by atoms with Gasteiger partial charge in [-0.1, -0.05) is 0 Å². The molecule has 2 aliphatic heterocycles. The van der Waals surface area contributed by atoms with E-state index in [-0.39, 0.29) is 29.4 Å². The first-order chi connectivity index (χ1) is 10.9. The Hall–Kier alpha value is -2.09. The van der Waals surface area contributed by atoms with Gasteiger partial charge in [0.1, 0.15) is 0 Å². The van der Waals surface area contributed by atoms with Gasteiger partial charge >= 0.3 is 6.03 Å². The zero-order chi connectivity index (χ0) is 16.4. The van der Waals surface area contributed by atoms with Gasteiger partial charge in [-0.15, -0.1) is 0 Å². The fourth-order valence-electron chi connectivity index (χ4n) is 2.88. The number of carbonyl (C=O) groups is 2. The molecule has 0 spiro atoms. The van der Waals surface area contributed by atoms with Crippen molar-refractivity contribution in [2.45, 2.75) is 6.42 Å². The molecule has 3 amide bonds. The van der Waals surface area contributed by atoms with Gasteiger partial charge in [-0.3, -0.25) is 9.69 Å². The maximum absolute atomic E-state index is 12.1. The summed E-state index contributed by atoms with van der Waals surface area (Å²) in [6, 6.07) is 6.67. The lowest BCUT2D eigenvalue weighted by Gasteiger charge is -2.15. The first-order valence-electron chi connectivity index (χ1n) is 7.59. The van der Waals surface area contributed by atoms with Crippen LogP contribution in [0.3, 0.4) is 0 Å². The Morgan fingerprint density at radius 1 is 1.30 bits per heavy atom. The van der Waals surface area contributed by atoms with Crippen LogP contribution in [0, 0.1) is 5.92 Å². The van der Waals surface area contributed by atoms with Crippen LogP contribution >= 0.6 is 0 Å². The van der Waals surface area contributed by atoms with Gasteiger partial charge < -0.3 is 10.6 Å². The van der Waals surface area contributed by atoms with Gasteiger partial charge in [0.25, 0.3) is 5.91 Å². The normalized spacial score (nSPS) is 22.9. The molecule has 1 aromatic carbocycles. The van der Waals surface area contributed by atoms with E-state index in [1.165, 1.54) is 0 Å². The summed E-state index contributed by atoms with van der Waals surface area (Å²) in [5.41, 5.74) is 1.24. The molecule has 3 rings (SSSR count). The topological polar surface area (TPSA) is 95.6 Å². The minimum absolute atomic E-state index is 0.00322. The molecule has 7 nitrogen and oxygen atoms in total. The van der Waals surface area contributed by atoms with Crippen molar-refractivity contribution >= 4 is 27.5 Å². The minimum Gasteiger partial charge on any atom is -0.352 e. The molecule has 0 aromatic heterocycles. The van der Waals surface area contributed by atoms with Gasteiger partial charge in [0.05, 0.1) is 11.5 Å². The predicted octanol–water partition coefficient (Wildman–Crippen LogP) is 0.381. The van der Waals surface area contributed by atoms with E-state index in [4.69, 9.17) is 0 Å². The number of anilines is 1. The van der Waals surface area contributed by atoms with Crippen molar-refractivity contribution < 1.29 is 18.0 Å². The number of hydrogen-bond donors (Lipinski definition) is 2. The third-order valence-corrected chi connectivity index (χ3v) is 6.01. The molecule has 0 saturated carbocycles. The van der Waals surface area contributed by atoms with E-state index < -0.39 is 9.84 Å². The lowest BCUT2D eigenvalue weighted by Crippen LogP contribution is -2.30. The highest BCUT2D eigenvalue weighted by Crippen LogP contribution is 2.19. The van der Waals surface area contributed by atoms with Crippen LogP contribution in [0.5, 0.6) is 0 Å². The summed E-state index contributed by atoms with van der Waals surface area (Å²) in [5.74, 6) is 0.124. The van der Waals surface area contributed by atoms with Gasteiger partial charge in [0.2, 0.25) is 0 Å². The summed E-state index contributed by atoms with van der Waals surface area (Å²) in [7, 11) is -2.92. The molecule has 1 atom stereocenters. The third kappa shape index (κ3) is 3.64. The lowest BCUT2D eigenvalue weighted by atomic mass is 10.1. The second kappa shape index (κ2) is 6.19. The molecule has 0 radical (unpaired) electrons. The van der Waals surface area contributed by atoms with Crippen molar-refractivity contribution in [3.05, 3.63) is 29.8 Å². The fraction of sp³-hybridized carbons (Fsp3) is 0.467. The van der Waals surface area contributed by atoms with Crippen molar-refractivity contribution in [1.82, 2.24) is 10.6 Å². The van der Waals surface area contributed by atoms with Crippen LogP contribution in [0.4, 0.5) is 10.5 Å². The molecule has 8 heteroatoms. The quantitative estimate of drug-likeness (QED) is 0.830. The smallest absolute Gasteiger partial charge is 0.321 e. The highest BCUT2D eigenvalue weighted by Gasteiger charge is 2.28. The SMILES string of the molecule is O=C(NCC1CCS(=O)(=O)C1)c1ccc(N2CCNC2=O)cc1. The van der Waals surface area contributed by atoms with Crippen molar-refractivity contribution in [1.29, 1.82) is 0 Å². The van der Waals surface area contributed by atoms with Crippen molar-refractivity contribution in [3.8, 4) is 0 Å². The number of amides is 3. The van der Waals surface area contributed by atoms with Crippen molar-refractivity contribution in [2.75, 3.05) is 36.0 Å². The molecule has 0 aliphatic carbocycles. The van der Waals surface area contributed by atoms with E-state index >= 15 is 0 Å². The highest BCUT2D eigenvalue weighted by molar-refractivity contribution is 7.91. The zero-order valence-electron chi connectivity index (χ0n) is 12.6.